The Kier molecular flexibility index (Phi) is 6.20. The van der Waals surface area contributed by atoms with Crippen molar-refractivity contribution in [3.63, 3.8) is 0 Å². The smallest absolute Gasteiger partial charge is 0.264 e. The minimum atomic E-state index is -3.76. The summed E-state index contributed by atoms with van der Waals surface area (Å²) in [6, 6.07) is 14.4. The average Bonchev–Trinajstić information content (AvgIpc) is 3.01. The highest BCUT2D eigenvalue weighted by atomic mass is 79.9. The van der Waals surface area contributed by atoms with Crippen molar-refractivity contribution in [3.8, 4) is 0 Å². The van der Waals surface area contributed by atoms with Gasteiger partial charge in [0.05, 0.1) is 10.5 Å². The normalized spacial score (nSPS) is 12.5. The van der Waals surface area contributed by atoms with Gasteiger partial charge in [0.2, 0.25) is 0 Å². The van der Waals surface area contributed by atoms with Gasteiger partial charge in [-0.25, -0.2) is 8.42 Å². The standard InChI is InChI=1S/C21H24BrNO3S2/c1-4-5-14-23(28(25,26)16-12-10-15(22)11-13-16)20-19(21(2,3)24)17-8-6-7-9-18(17)27-20/h6-13,24H,4-5,14H2,1-3H3. The highest BCUT2D eigenvalue weighted by molar-refractivity contribution is 9.10. The van der Waals surface area contributed by atoms with Crippen LogP contribution in [0.4, 0.5) is 5.00 Å². The zero-order valence-electron chi connectivity index (χ0n) is 16.1. The number of hydrogen-bond donors (Lipinski definition) is 1. The molecule has 0 spiro atoms. The van der Waals surface area contributed by atoms with Gasteiger partial charge in [0, 0.05) is 26.7 Å². The number of hydrogen-bond acceptors (Lipinski definition) is 4. The zero-order chi connectivity index (χ0) is 20.5. The van der Waals surface area contributed by atoms with Gasteiger partial charge in [0.15, 0.2) is 0 Å². The molecule has 1 heterocycles. The van der Waals surface area contributed by atoms with Crippen molar-refractivity contribution >= 4 is 52.4 Å². The second-order valence-electron chi connectivity index (χ2n) is 7.22. The van der Waals surface area contributed by atoms with Gasteiger partial charge in [-0.15, -0.1) is 11.3 Å². The minimum Gasteiger partial charge on any atom is -0.386 e. The third kappa shape index (κ3) is 4.13. The summed E-state index contributed by atoms with van der Waals surface area (Å²) in [5.74, 6) is 0. The van der Waals surface area contributed by atoms with Crippen LogP contribution in [0.2, 0.25) is 0 Å². The molecule has 0 amide bonds. The van der Waals surface area contributed by atoms with Crippen molar-refractivity contribution < 1.29 is 13.5 Å². The lowest BCUT2D eigenvalue weighted by atomic mass is 9.97. The molecule has 28 heavy (non-hydrogen) atoms. The van der Waals surface area contributed by atoms with Crippen LogP contribution in [0.25, 0.3) is 10.1 Å². The number of halogens is 1. The van der Waals surface area contributed by atoms with Crippen molar-refractivity contribution in [2.24, 2.45) is 0 Å². The molecule has 0 radical (unpaired) electrons. The first kappa shape index (κ1) is 21.3. The number of unbranched alkanes of at least 4 members (excludes halogenated alkanes) is 1. The van der Waals surface area contributed by atoms with E-state index in [0.29, 0.717) is 17.1 Å². The molecule has 0 fully saturated rings. The molecule has 0 aliphatic heterocycles. The first-order valence-electron chi connectivity index (χ1n) is 9.19. The maximum atomic E-state index is 13.5. The summed E-state index contributed by atoms with van der Waals surface area (Å²) in [6.45, 7) is 5.81. The van der Waals surface area contributed by atoms with Gasteiger partial charge in [-0.3, -0.25) is 4.31 Å². The third-order valence-electron chi connectivity index (χ3n) is 4.53. The lowest BCUT2D eigenvalue weighted by Gasteiger charge is -2.28. The van der Waals surface area contributed by atoms with E-state index in [1.807, 2.05) is 31.2 Å². The number of sulfonamides is 1. The van der Waals surface area contributed by atoms with Crippen molar-refractivity contribution in [2.45, 2.75) is 44.1 Å². The van der Waals surface area contributed by atoms with Gasteiger partial charge in [0.1, 0.15) is 5.00 Å². The summed E-state index contributed by atoms with van der Waals surface area (Å²) in [5, 5.41) is 12.4. The summed E-state index contributed by atoms with van der Waals surface area (Å²) in [4.78, 5) is 0.242. The van der Waals surface area contributed by atoms with E-state index < -0.39 is 15.6 Å². The molecule has 0 bridgehead atoms. The molecule has 0 saturated carbocycles. The Morgan fingerprint density at radius 3 is 2.36 bits per heavy atom. The molecule has 7 heteroatoms. The van der Waals surface area contributed by atoms with Crippen molar-refractivity contribution in [1.82, 2.24) is 0 Å². The molecule has 0 saturated heterocycles. The number of nitrogens with zero attached hydrogens (tertiary/aromatic N) is 1. The minimum absolute atomic E-state index is 0.242. The maximum absolute atomic E-state index is 13.5. The summed E-state index contributed by atoms with van der Waals surface area (Å²) < 4.78 is 30.3. The quantitative estimate of drug-likeness (QED) is 0.457. The molecule has 3 aromatic rings. The van der Waals surface area contributed by atoms with E-state index in [9.17, 15) is 13.5 Å². The number of aliphatic hydroxyl groups is 1. The maximum Gasteiger partial charge on any atom is 0.264 e. The Morgan fingerprint density at radius 1 is 1.11 bits per heavy atom. The fourth-order valence-electron chi connectivity index (χ4n) is 3.17. The highest BCUT2D eigenvalue weighted by Gasteiger charge is 2.33. The molecule has 2 aromatic carbocycles. The zero-order valence-corrected chi connectivity index (χ0v) is 19.4. The predicted octanol–water partition coefficient (Wildman–Crippen LogP) is 5.89. The molecule has 1 N–H and O–H groups in total. The second-order valence-corrected chi connectivity index (χ2v) is 11.0. The van der Waals surface area contributed by atoms with Crippen molar-refractivity contribution in [2.75, 3.05) is 10.8 Å². The highest BCUT2D eigenvalue weighted by Crippen LogP contribution is 2.45. The number of fused-ring (bicyclic) bond motifs is 1. The van der Waals surface area contributed by atoms with E-state index in [4.69, 9.17) is 0 Å². The van der Waals surface area contributed by atoms with E-state index in [1.54, 1.807) is 38.1 Å². The van der Waals surface area contributed by atoms with E-state index in [-0.39, 0.29) is 4.90 Å². The number of benzene rings is 2. The van der Waals surface area contributed by atoms with E-state index >= 15 is 0 Å². The second kappa shape index (κ2) is 8.14. The SMILES string of the molecule is CCCCN(c1sc2ccccc2c1C(C)(C)O)S(=O)(=O)c1ccc(Br)cc1. The van der Waals surface area contributed by atoms with Crippen LogP contribution in [0.1, 0.15) is 39.2 Å². The van der Waals surface area contributed by atoms with Gasteiger partial charge in [-0.05, 0) is 50.6 Å². The van der Waals surface area contributed by atoms with E-state index in [0.717, 1.165) is 27.4 Å². The van der Waals surface area contributed by atoms with Gasteiger partial charge >= 0.3 is 0 Å². The lowest BCUT2D eigenvalue weighted by Crippen LogP contribution is -2.33. The first-order chi connectivity index (χ1) is 13.2. The fourth-order valence-corrected chi connectivity index (χ4v) is 6.54. The summed E-state index contributed by atoms with van der Waals surface area (Å²) >= 11 is 4.77. The number of anilines is 1. The molecule has 0 aliphatic rings. The molecule has 3 rings (SSSR count). The topological polar surface area (TPSA) is 57.6 Å². The van der Waals surface area contributed by atoms with Crippen LogP contribution in [0.3, 0.4) is 0 Å². The molecular formula is C21H24BrNO3S2. The Labute approximate surface area is 179 Å². The Balaban J connectivity index is 2.24. The number of rotatable bonds is 7. The van der Waals surface area contributed by atoms with Crippen LogP contribution in [-0.4, -0.2) is 20.1 Å². The van der Waals surface area contributed by atoms with Crippen LogP contribution in [0.5, 0.6) is 0 Å². The van der Waals surface area contributed by atoms with E-state index in [1.165, 1.54) is 15.6 Å². The van der Waals surface area contributed by atoms with Gasteiger partial charge in [-0.1, -0.05) is 47.5 Å². The third-order valence-corrected chi connectivity index (χ3v) is 8.18. The Morgan fingerprint density at radius 2 is 1.75 bits per heavy atom. The van der Waals surface area contributed by atoms with Gasteiger partial charge in [0.25, 0.3) is 10.0 Å². The summed E-state index contributed by atoms with van der Waals surface area (Å²) in [7, 11) is -3.76. The first-order valence-corrected chi connectivity index (χ1v) is 12.2. The molecule has 0 unspecified atom stereocenters. The molecule has 4 nitrogen and oxygen atoms in total. The van der Waals surface area contributed by atoms with Gasteiger partial charge in [-0.2, -0.15) is 0 Å². The van der Waals surface area contributed by atoms with Crippen LogP contribution in [-0.2, 0) is 15.6 Å². The Hall–Kier alpha value is -1.41. The summed E-state index contributed by atoms with van der Waals surface area (Å²) in [5.41, 5.74) is -0.515. The molecular weight excluding hydrogens is 458 g/mol. The van der Waals surface area contributed by atoms with Crippen LogP contribution in [0.15, 0.2) is 57.9 Å². The average molecular weight is 482 g/mol. The molecule has 1 aromatic heterocycles. The Bertz CT molecular complexity index is 1070. The predicted molar refractivity (Wildman–Crippen MR) is 121 cm³/mol. The van der Waals surface area contributed by atoms with E-state index in [2.05, 4.69) is 15.9 Å². The van der Waals surface area contributed by atoms with Gasteiger partial charge < -0.3 is 5.11 Å². The molecule has 0 aliphatic carbocycles. The number of thiophene rings is 1. The van der Waals surface area contributed by atoms with Crippen LogP contribution >= 0.6 is 27.3 Å². The summed E-state index contributed by atoms with van der Waals surface area (Å²) in [6.07, 6.45) is 1.60. The van der Waals surface area contributed by atoms with Crippen LogP contribution < -0.4 is 4.31 Å². The van der Waals surface area contributed by atoms with Crippen molar-refractivity contribution in [3.05, 3.63) is 58.6 Å². The fraction of sp³-hybridized carbons (Fsp3) is 0.333. The monoisotopic (exact) mass is 481 g/mol. The van der Waals surface area contributed by atoms with Crippen LogP contribution in [0, 0.1) is 0 Å². The molecule has 150 valence electrons. The van der Waals surface area contributed by atoms with Crippen molar-refractivity contribution in [1.29, 1.82) is 0 Å². The lowest BCUT2D eigenvalue weighted by molar-refractivity contribution is 0.0811. The largest absolute Gasteiger partial charge is 0.386 e. The molecule has 0 atom stereocenters.